The second kappa shape index (κ2) is 15.9. The number of Topliss-reactive ketones (excluding diaryl/α,β-unsaturated/α-hetero) is 1. The van der Waals surface area contributed by atoms with E-state index in [1.807, 2.05) is 76.2 Å². The van der Waals surface area contributed by atoms with Crippen LogP contribution in [0.2, 0.25) is 0 Å². The molecule has 3 aliphatic heterocycles. The van der Waals surface area contributed by atoms with Gasteiger partial charge < -0.3 is 21.7 Å². The third-order valence-electron chi connectivity index (χ3n) is 10.0. The van der Waals surface area contributed by atoms with Gasteiger partial charge in [-0.1, -0.05) is 24.4 Å². The number of nitrogens with one attached hydrogen (secondary N) is 3. The lowest BCUT2D eigenvalue weighted by Gasteiger charge is -2.35. The first-order valence-electron chi connectivity index (χ1n) is 18.4. The smallest absolute Gasteiger partial charge is 0.163 e. The first-order valence-corrected chi connectivity index (χ1v) is 19.6. The Morgan fingerprint density at radius 1 is 0.737 bits per heavy atom. The van der Waals surface area contributed by atoms with Crippen molar-refractivity contribution in [2.24, 2.45) is 5.73 Å². The van der Waals surface area contributed by atoms with Crippen LogP contribution in [0.1, 0.15) is 94.0 Å². The Balaban J connectivity index is 0.000000155. The fourth-order valence-corrected chi connectivity index (χ4v) is 7.53. The summed E-state index contributed by atoms with van der Waals surface area (Å²) in [5, 5.41) is 26.5. The van der Waals surface area contributed by atoms with Crippen LogP contribution in [-0.4, -0.2) is 52.3 Å². The molecule has 5 heterocycles. The highest BCUT2D eigenvalue weighted by molar-refractivity contribution is 9.10. The molecule has 0 amide bonds. The number of nitrogens with two attached hydrogens (primary N) is 1. The minimum absolute atomic E-state index is 0.0324. The van der Waals surface area contributed by atoms with Crippen LogP contribution in [0.4, 0.5) is 30.2 Å². The summed E-state index contributed by atoms with van der Waals surface area (Å²) in [4.78, 5) is 10.5. The number of carbonyl (C=O) groups is 1. The maximum atomic E-state index is 14.5. The topological polar surface area (TPSA) is 141 Å². The average molecular weight is 868 g/mol. The van der Waals surface area contributed by atoms with E-state index < -0.39 is 0 Å². The molecule has 57 heavy (non-hydrogen) atoms. The third-order valence-corrected chi connectivity index (χ3v) is 11.3. The highest BCUT2D eigenvalue weighted by atomic mass is 79.9. The number of ketones is 1. The molecule has 0 bridgehead atoms. The van der Waals surface area contributed by atoms with E-state index in [2.05, 4.69) is 52.3 Å². The number of thiocarbonyl (C=S) groups is 1. The average Bonchev–Trinajstić information content (AvgIpc) is 3.72. The molecule has 2 aromatic heterocycles. The number of hydrogen-bond acceptors (Lipinski definition) is 10. The Morgan fingerprint density at radius 3 is 1.68 bits per heavy atom. The van der Waals surface area contributed by atoms with Gasteiger partial charge in [0.1, 0.15) is 40.4 Å². The zero-order valence-electron chi connectivity index (χ0n) is 34.4. The van der Waals surface area contributed by atoms with Crippen LogP contribution in [-0.2, 0) is 22.3 Å². The summed E-state index contributed by atoms with van der Waals surface area (Å²) in [7, 11) is 0. The van der Waals surface area contributed by atoms with E-state index in [4.69, 9.17) is 18.0 Å². The number of fused-ring (bicyclic) bond motifs is 7. The van der Waals surface area contributed by atoms with E-state index in [0.717, 1.165) is 44.4 Å². The zero-order chi connectivity index (χ0) is 42.5. The Bertz CT molecular complexity index is 2400. The second-order valence-electron chi connectivity index (χ2n) is 16.1. The molecule has 3 aromatic carbocycles. The molecule has 0 unspecified atom stereocenters. The summed E-state index contributed by atoms with van der Waals surface area (Å²) < 4.78 is 46.2. The first-order chi connectivity index (χ1) is 26.4. The summed E-state index contributed by atoms with van der Waals surface area (Å²) in [6.07, 6.45) is 0.554. The number of benzene rings is 3. The summed E-state index contributed by atoms with van der Waals surface area (Å²) in [6.45, 7) is 23.3. The molecule has 304 valence electrons. The molecule has 0 saturated heterocycles. The van der Waals surface area contributed by atoms with Crippen molar-refractivity contribution in [2.45, 2.75) is 106 Å². The molecule has 3 aliphatic rings. The maximum absolute atomic E-state index is 14.5. The van der Waals surface area contributed by atoms with E-state index in [-0.39, 0.29) is 46.4 Å². The highest BCUT2D eigenvalue weighted by Gasteiger charge is 2.38. The van der Waals surface area contributed by atoms with Gasteiger partial charge in [0, 0.05) is 22.5 Å². The molecule has 0 spiro atoms. The highest BCUT2D eigenvalue weighted by Crippen LogP contribution is 2.42. The minimum Gasteiger partial charge on any atom is -0.375 e. The van der Waals surface area contributed by atoms with E-state index in [9.17, 15) is 18.0 Å². The van der Waals surface area contributed by atoms with Crippen molar-refractivity contribution >= 4 is 55.9 Å². The molecule has 16 heteroatoms. The monoisotopic (exact) mass is 866 g/mol. The Morgan fingerprint density at radius 2 is 1.18 bits per heavy atom. The molecule has 11 nitrogen and oxygen atoms in total. The molecule has 0 atom stereocenters. The van der Waals surface area contributed by atoms with E-state index >= 15 is 0 Å². The van der Waals surface area contributed by atoms with E-state index in [0.29, 0.717) is 45.3 Å². The number of halogens is 4. The SMILES string of the molecule is CC(=O)CN.Cc1cc(Br)c(F)c2c1NC(C)(C)c1nnc(C)n1-2.Cc1ccc(F)c2c1NC(C)(C)C(=S)C2.Cc1ccc(F)c2c1NC(C)(C)c1nnc(C)n1-2. The molecule has 0 saturated carbocycles. The molecule has 5 aromatic rings. The van der Waals surface area contributed by atoms with E-state index in [1.54, 1.807) is 27.3 Å². The van der Waals surface area contributed by atoms with Gasteiger partial charge in [0.15, 0.2) is 17.5 Å². The van der Waals surface area contributed by atoms with Crippen molar-refractivity contribution in [3.63, 3.8) is 0 Å². The summed E-state index contributed by atoms with van der Waals surface area (Å²) in [5.41, 5.74) is 11.1. The lowest BCUT2D eigenvalue weighted by molar-refractivity contribution is -0.115. The Labute approximate surface area is 345 Å². The van der Waals surface area contributed by atoms with E-state index in [1.165, 1.54) is 19.1 Å². The number of anilines is 3. The van der Waals surface area contributed by atoms with Crippen molar-refractivity contribution in [1.29, 1.82) is 0 Å². The molecular weight excluding hydrogens is 817 g/mol. The fraction of sp³-hybridized carbons (Fsp3) is 0.415. The summed E-state index contributed by atoms with van der Waals surface area (Å²) >= 11 is 8.55. The number of carbonyl (C=O) groups excluding carboxylic acids is 1. The normalized spacial score (nSPS) is 15.7. The fourth-order valence-electron chi connectivity index (χ4n) is 6.80. The first kappa shape index (κ1) is 43.5. The van der Waals surface area contributed by atoms with Gasteiger partial charge in [-0.15, -0.1) is 20.4 Å². The van der Waals surface area contributed by atoms with Crippen LogP contribution in [0.15, 0.2) is 34.8 Å². The van der Waals surface area contributed by atoms with Gasteiger partial charge in [0.2, 0.25) is 0 Å². The van der Waals surface area contributed by atoms with Crippen LogP contribution in [0.3, 0.4) is 0 Å². The third kappa shape index (κ3) is 8.35. The van der Waals surface area contributed by atoms with Gasteiger partial charge in [-0.2, -0.15) is 0 Å². The van der Waals surface area contributed by atoms with Gasteiger partial charge >= 0.3 is 0 Å². The summed E-state index contributed by atoms with van der Waals surface area (Å²) in [5.74, 6) is 2.14. The summed E-state index contributed by atoms with van der Waals surface area (Å²) in [6, 6.07) is 8.35. The molecule has 0 radical (unpaired) electrons. The molecule has 0 aliphatic carbocycles. The molecular formula is C41H50BrF3N10OS. The Hall–Kier alpha value is -4.67. The van der Waals surface area contributed by atoms with Crippen molar-refractivity contribution in [3.8, 4) is 11.4 Å². The van der Waals surface area contributed by atoms with Gasteiger partial charge in [0.05, 0.1) is 39.0 Å². The van der Waals surface area contributed by atoms with Crippen molar-refractivity contribution < 1.29 is 18.0 Å². The number of aromatic nitrogens is 6. The second-order valence-corrected chi connectivity index (χ2v) is 17.4. The standard InChI is InChI=1S/C13H14BrFN4.C13H15FN4.C12H14FNS.C3H7NO/c1-6-5-8(14)9(15)11-10(6)16-13(3,4)12-18-17-7(2)19(11)12;1-7-5-6-9(14)11-10(7)15-13(3,4)12-17-16-8(2)18(11)12;1-7-4-5-9(13)8-6-10(15)12(2,3)14-11(7)8;1-3(5)2-4/h5,16H,1-4H3;5-6,15H,1-4H3;4-5,14H,6H2,1-3H3;2,4H2,1H3. The lowest BCUT2D eigenvalue weighted by Crippen LogP contribution is -2.44. The molecule has 8 rings (SSSR count). The maximum Gasteiger partial charge on any atom is 0.163 e. The van der Waals surface area contributed by atoms with Gasteiger partial charge in [-0.05, 0) is 134 Å². The van der Waals surface area contributed by atoms with Crippen LogP contribution in [0.25, 0.3) is 11.4 Å². The number of hydrogen-bond donors (Lipinski definition) is 4. The quantitative estimate of drug-likeness (QED) is 0.121. The minimum atomic E-state index is -0.390. The number of rotatable bonds is 1. The largest absolute Gasteiger partial charge is 0.375 e. The lowest BCUT2D eigenvalue weighted by atomic mass is 9.87. The van der Waals surface area contributed by atoms with Crippen LogP contribution in [0.5, 0.6) is 0 Å². The van der Waals surface area contributed by atoms with Crippen molar-refractivity contribution in [3.05, 3.63) is 97.8 Å². The Kier molecular flexibility index (Phi) is 12.1. The van der Waals surface area contributed by atoms with Crippen LogP contribution < -0.4 is 21.7 Å². The van der Waals surface area contributed by atoms with Crippen molar-refractivity contribution in [2.75, 3.05) is 22.5 Å². The zero-order valence-corrected chi connectivity index (χ0v) is 36.8. The predicted octanol–water partition coefficient (Wildman–Crippen LogP) is 8.91. The number of nitrogens with zero attached hydrogens (tertiary/aromatic N) is 6. The van der Waals surface area contributed by atoms with Gasteiger partial charge in [-0.3, -0.25) is 13.9 Å². The predicted molar refractivity (Wildman–Crippen MR) is 227 cm³/mol. The number of aryl methyl sites for hydroxylation is 5. The van der Waals surface area contributed by atoms with Gasteiger partial charge in [0.25, 0.3) is 0 Å². The van der Waals surface area contributed by atoms with Crippen molar-refractivity contribution in [1.82, 2.24) is 29.5 Å². The van der Waals surface area contributed by atoms with Crippen LogP contribution >= 0.6 is 28.1 Å². The molecule has 5 N–H and O–H groups in total. The molecule has 0 fully saturated rings. The van der Waals surface area contributed by atoms with Gasteiger partial charge in [-0.25, -0.2) is 13.2 Å². The van der Waals surface area contributed by atoms with Crippen LogP contribution in [0, 0.1) is 52.1 Å².